The zero-order chi connectivity index (χ0) is 17.7. The van der Waals surface area contributed by atoms with Gasteiger partial charge in [-0.05, 0) is 32.0 Å². The molecule has 1 N–H and O–H groups in total. The van der Waals surface area contributed by atoms with Gasteiger partial charge < -0.3 is 24.4 Å². The van der Waals surface area contributed by atoms with E-state index in [2.05, 4.69) is 5.32 Å². The molecule has 0 radical (unpaired) electrons. The third-order valence-electron chi connectivity index (χ3n) is 4.76. The van der Waals surface area contributed by atoms with Crippen molar-refractivity contribution >= 4 is 17.5 Å². The number of carbonyl (C=O) groups is 2. The summed E-state index contributed by atoms with van der Waals surface area (Å²) in [6, 6.07) is 5.13. The van der Waals surface area contributed by atoms with Gasteiger partial charge in [-0.25, -0.2) is 0 Å². The van der Waals surface area contributed by atoms with Crippen LogP contribution in [0, 0.1) is 0 Å². The summed E-state index contributed by atoms with van der Waals surface area (Å²) in [5, 5.41) is 2.74. The van der Waals surface area contributed by atoms with E-state index in [1.54, 1.807) is 18.2 Å². The first-order chi connectivity index (χ1) is 11.9. The highest BCUT2D eigenvalue weighted by Gasteiger charge is 2.48. The molecule has 2 saturated heterocycles. The lowest BCUT2D eigenvalue weighted by Crippen LogP contribution is -2.61. The van der Waals surface area contributed by atoms with E-state index in [0.29, 0.717) is 43.3 Å². The Kier molecular flexibility index (Phi) is 3.73. The number of amides is 2. The van der Waals surface area contributed by atoms with Gasteiger partial charge in [-0.15, -0.1) is 0 Å². The highest BCUT2D eigenvalue weighted by atomic mass is 16.6. The van der Waals surface area contributed by atoms with Crippen LogP contribution in [0.5, 0.6) is 5.75 Å². The number of morpholine rings is 1. The van der Waals surface area contributed by atoms with Gasteiger partial charge >= 0.3 is 0 Å². The Morgan fingerprint density at radius 2 is 2.12 bits per heavy atom. The Bertz CT molecular complexity index is 724. The topological polar surface area (TPSA) is 77.1 Å². The van der Waals surface area contributed by atoms with E-state index >= 15 is 0 Å². The van der Waals surface area contributed by atoms with Gasteiger partial charge in [-0.2, -0.15) is 0 Å². The zero-order valence-corrected chi connectivity index (χ0v) is 14.5. The molecule has 0 aromatic heterocycles. The molecule has 134 valence electrons. The Morgan fingerprint density at radius 3 is 2.88 bits per heavy atom. The summed E-state index contributed by atoms with van der Waals surface area (Å²) >= 11 is 0. The van der Waals surface area contributed by atoms with Crippen molar-refractivity contribution in [1.29, 1.82) is 0 Å². The number of nitrogens with zero attached hydrogens (tertiary/aromatic N) is 1. The van der Waals surface area contributed by atoms with Gasteiger partial charge in [0.2, 0.25) is 0 Å². The number of rotatable bonds is 1. The fraction of sp³-hybridized carbons (Fsp3) is 0.556. The van der Waals surface area contributed by atoms with Crippen molar-refractivity contribution in [2.45, 2.75) is 31.5 Å². The minimum Gasteiger partial charge on any atom is -0.482 e. The maximum atomic E-state index is 13.1. The van der Waals surface area contributed by atoms with Gasteiger partial charge in [0.05, 0.1) is 24.4 Å². The van der Waals surface area contributed by atoms with E-state index in [0.717, 1.165) is 6.42 Å². The van der Waals surface area contributed by atoms with Gasteiger partial charge in [0.15, 0.2) is 6.61 Å². The Labute approximate surface area is 146 Å². The number of fused-ring (bicyclic) bond motifs is 1. The monoisotopic (exact) mass is 346 g/mol. The van der Waals surface area contributed by atoms with Crippen molar-refractivity contribution in [2.75, 3.05) is 38.2 Å². The summed E-state index contributed by atoms with van der Waals surface area (Å²) in [4.78, 5) is 26.4. The van der Waals surface area contributed by atoms with Crippen molar-refractivity contribution in [2.24, 2.45) is 0 Å². The molecule has 1 spiro atoms. The van der Waals surface area contributed by atoms with E-state index in [1.807, 2.05) is 18.7 Å². The van der Waals surface area contributed by atoms with Crippen molar-refractivity contribution in [3.63, 3.8) is 0 Å². The number of hydrogen-bond donors (Lipinski definition) is 1. The molecule has 2 amide bonds. The number of nitrogens with one attached hydrogen (secondary N) is 1. The molecule has 1 unspecified atom stereocenters. The van der Waals surface area contributed by atoms with Gasteiger partial charge in [0.1, 0.15) is 11.4 Å². The second kappa shape index (κ2) is 5.71. The Balaban J connectivity index is 1.59. The summed E-state index contributed by atoms with van der Waals surface area (Å²) in [5.74, 6) is 0.288. The van der Waals surface area contributed by atoms with Gasteiger partial charge in [0, 0.05) is 25.1 Å². The summed E-state index contributed by atoms with van der Waals surface area (Å²) in [6.07, 6.45) is 0.786. The SMILES string of the molecule is CC1(C)CN(C(=O)c2ccc3c(c2)NC(=O)CO3)CC2(CCOC2)O1. The molecule has 1 atom stereocenters. The standard InChI is InChI=1S/C18H22N2O5/c1-17(2)9-20(10-18(25-17)5-6-23-11-18)16(22)12-3-4-14-13(7-12)19-15(21)8-24-14/h3-4,7H,5-6,8-11H2,1-2H3,(H,19,21). The van der Waals surface area contributed by atoms with Crippen LogP contribution in [0.3, 0.4) is 0 Å². The van der Waals surface area contributed by atoms with E-state index in [1.165, 1.54) is 0 Å². The third kappa shape index (κ3) is 3.09. The highest BCUT2D eigenvalue weighted by molar-refractivity contribution is 6.00. The maximum Gasteiger partial charge on any atom is 0.262 e. The molecule has 25 heavy (non-hydrogen) atoms. The third-order valence-corrected chi connectivity index (χ3v) is 4.76. The van der Waals surface area contributed by atoms with Crippen molar-refractivity contribution in [3.8, 4) is 5.75 Å². The molecule has 0 aliphatic carbocycles. The predicted octanol–water partition coefficient (Wildman–Crippen LogP) is 1.43. The maximum absolute atomic E-state index is 13.1. The number of anilines is 1. The van der Waals surface area contributed by atoms with Gasteiger partial charge in [0.25, 0.3) is 11.8 Å². The minimum atomic E-state index is -0.437. The first kappa shape index (κ1) is 16.4. The lowest BCUT2D eigenvalue weighted by atomic mass is 9.94. The van der Waals surface area contributed by atoms with Gasteiger partial charge in [-0.3, -0.25) is 9.59 Å². The second-order valence-corrected chi connectivity index (χ2v) is 7.56. The van der Waals surface area contributed by atoms with Crippen LogP contribution < -0.4 is 10.1 Å². The molecule has 3 aliphatic rings. The molecular formula is C18H22N2O5. The predicted molar refractivity (Wildman–Crippen MR) is 89.8 cm³/mol. The van der Waals surface area contributed by atoms with E-state index in [-0.39, 0.29) is 18.4 Å². The molecule has 4 rings (SSSR count). The summed E-state index contributed by atoms with van der Waals surface area (Å²) < 4.78 is 17.1. The van der Waals surface area contributed by atoms with Crippen molar-refractivity contribution in [3.05, 3.63) is 23.8 Å². The van der Waals surface area contributed by atoms with Crippen LogP contribution in [0.1, 0.15) is 30.6 Å². The smallest absolute Gasteiger partial charge is 0.262 e. The summed E-state index contributed by atoms with van der Waals surface area (Å²) in [6.45, 7) is 6.17. The second-order valence-electron chi connectivity index (χ2n) is 7.56. The first-order valence-electron chi connectivity index (χ1n) is 8.50. The summed E-state index contributed by atoms with van der Waals surface area (Å²) in [5.41, 5.74) is 0.195. The lowest BCUT2D eigenvalue weighted by Gasteiger charge is -2.48. The van der Waals surface area contributed by atoms with Crippen LogP contribution in [0.4, 0.5) is 5.69 Å². The van der Waals surface area contributed by atoms with E-state index < -0.39 is 11.2 Å². The van der Waals surface area contributed by atoms with Crippen molar-refractivity contribution in [1.82, 2.24) is 4.90 Å². The highest BCUT2D eigenvalue weighted by Crippen LogP contribution is 2.36. The quantitative estimate of drug-likeness (QED) is 0.832. The fourth-order valence-electron chi connectivity index (χ4n) is 3.85. The van der Waals surface area contributed by atoms with Crippen LogP contribution in [0.25, 0.3) is 0 Å². The number of hydrogen-bond acceptors (Lipinski definition) is 5. The molecular weight excluding hydrogens is 324 g/mol. The van der Waals surface area contributed by atoms with Crippen LogP contribution in [0.2, 0.25) is 0 Å². The average Bonchev–Trinajstić information content (AvgIpc) is 2.98. The average molecular weight is 346 g/mol. The van der Waals surface area contributed by atoms with Crippen molar-refractivity contribution < 1.29 is 23.8 Å². The fourth-order valence-corrected chi connectivity index (χ4v) is 3.85. The number of benzene rings is 1. The first-order valence-corrected chi connectivity index (χ1v) is 8.50. The molecule has 3 aliphatic heterocycles. The van der Waals surface area contributed by atoms with Crippen LogP contribution in [0.15, 0.2) is 18.2 Å². The van der Waals surface area contributed by atoms with E-state index in [9.17, 15) is 9.59 Å². The minimum absolute atomic E-state index is 0.000463. The molecule has 7 heteroatoms. The molecule has 0 bridgehead atoms. The largest absolute Gasteiger partial charge is 0.482 e. The van der Waals surface area contributed by atoms with E-state index in [4.69, 9.17) is 14.2 Å². The van der Waals surface area contributed by atoms with Crippen LogP contribution in [-0.2, 0) is 14.3 Å². The molecule has 1 aromatic carbocycles. The van der Waals surface area contributed by atoms with Crippen LogP contribution in [-0.4, -0.2) is 60.8 Å². The molecule has 1 aromatic rings. The van der Waals surface area contributed by atoms with Gasteiger partial charge in [-0.1, -0.05) is 0 Å². The normalized spacial score (nSPS) is 27.6. The summed E-state index contributed by atoms with van der Waals surface area (Å²) in [7, 11) is 0. The Hall–Kier alpha value is -2.12. The molecule has 3 heterocycles. The number of carbonyl (C=O) groups excluding carboxylic acids is 2. The zero-order valence-electron chi connectivity index (χ0n) is 14.5. The molecule has 7 nitrogen and oxygen atoms in total. The number of ether oxygens (including phenoxy) is 3. The Morgan fingerprint density at radius 1 is 1.28 bits per heavy atom. The lowest BCUT2D eigenvalue weighted by molar-refractivity contribution is -0.186. The van der Waals surface area contributed by atoms with Crippen LogP contribution >= 0.6 is 0 Å². The molecule has 0 saturated carbocycles. The molecule has 2 fully saturated rings.